The lowest BCUT2D eigenvalue weighted by Crippen LogP contribution is -2.45. The highest BCUT2D eigenvalue weighted by Gasteiger charge is 2.38. The van der Waals surface area contributed by atoms with E-state index in [9.17, 15) is 9.18 Å². The highest BCUT2D eigenvalue weighted by Crippen LogP contribution is 2.28. The van der Waals surface area contributed by atoms with Gasteiger partial charge >= 0.3 is 6.03 Å². The number of nitrogens with one attached hydrogen (secondary N) is 1. The van der Waals surface area contributed by atoms with Crippen LogP contribution in [0.1, 0.15) is 6.42 Å². The van der Waals surface area contributed by atoms with E-state index in [0.717, 1.165) is 26.1 Å². The zero-order chi connectivity index (χ0) is 15.1. The first-order valence-corrected chi connectivity index (χ1v) is 7.53. The van der Waals surface area contributed by atoms with Crippen LogP contribution in [0, 0.1) is 11.7 Å². The van der Waals surface area contributed by atoms with Crippen LogP contribution in [0.2, 0.25) is 0 Å². The molecule has 0 saturated carbocycles. The number of piperidine rings is 1. The van der Waals surface area contributed by atoms with Crippen molar-refractivity contribution in [2.24, 2.45) is 5.92 Å². The number of aromatic nitrogens is 2. The molecular formula is C16H17FN4O. The summed E-state index contributed by atoms with van der Waals surface area (Å²) in [7, 11) is 0. The van der Waals surface area contributed by atoms with Gasteiger partial charge in [0.2, 0.25) is 0 Å². The van der Waals surface area contributed by atoms with Crippen molar-refractivity contribution >= 4 is 6.03 Å². The molecule has 3 heterocycles. The minimum atomic E-state index is -0.316. The number of rotatable bonds is 2. The van der Waals surface area contributed by atoms with Gasteiger partial charge in [0, 0.05) is 36.5 Å². The lowest BCUT2D eigenvalue weighted by molar-refractivity contribution is 0.228. The molecule has 114 valence electrons. The zero-order valence-corrected chi connectivity index (χ0v) is 12.1. The number of hydrogen-bond acceptors (Lipinski definition) is 3. The summed E-state index contributed by atoms with van der Waals surface area (Å²) in [6.45, 7) is 3.12. The van der Waals surface area contributed by atoms with Crippen molar-refractivity contribution in [3.8, 4) is 11.1 Å². The van der Waals surface area contributed by atoms with Gasteiger partial charge in [0.25, 0.3) is 0 Å². The van der Waals surface area contributed by atoms with E-state index in [2.05, 4.69) is 15.3 Å². The van der Waals surface area contributed by atoms with Gasteiger partial charge in [-0.05, 0) is 24.9 Å². The third-order valence-electron chi connectivity index (χ3n) is 4.62. The second-order valence-electron chi connectivity index (χ2n) is 6.02. The number of halogens is 1. The molecule has 2 aliphatic heterocycles. The number of benzene rings is 1. The Labute approximate surface area is 127 Å². The summed E-state index contributed by atoms with van der Waals surface area (Å²) in [6.07, 6.45) is 4.23. The van der Waals surface area contributed by atoms with Gasteiger partial charge in [0.1, 0.15) is 5.82 Å². The average molecular weight is 300 g/mol. The van der Waals surface area contributed by atoms with Gasteiger partial charge in [-0.2, -0.15) is 9.78 Å². The molecule has 2 aliphatic rings. The van der Waals surface area contributed by atoms with E-state index in [1.807, 2.05) is 0 Å². The van der Waals surface area contributed by atoms with E-state index in [0.29, 0.717) is 17.0 Å². The summed E-state index contributed by atoms with van der Waals surface area (Å²) in [4.78, 5) is 14.6. The van der Waals surface area contributed by atoms with Gasteiger partial charge in [-0.25, -0.2) is 9.18 Å². The van der Waals surface area contributed by atoms with Crippen molar-refractivity contribution in [3.05, 3.63) is 42.5 Å². The van der Waals surface area contributed by atoms with E-state index in [-0.39, 0.29) is 17.9 Å². The van der Waals surface area contributed by atoms with Crippen LogP contribution in [-0.2, 0) is 0 Å². The van der Waals surface area contributed by atoms with Gasteiger partial charge in [0.05, 0.1) is 6.20 Å². The van der Waals surface area contributed by atoms with Crippen LogP contribution in [0.4, 0.5) is 9.18 Å². The summed E-state index contributed by atoms with van der Waals surface area (Å²) in [5.74, 6) is 0.230. The van der Waals surface area contributed by atoms with Crippen LogP contribution in [-0.4, -0.2) is 46.4 Å². The fraction of sp³-hybridized carbons (Fsp3) is 0.375. The lowest BCUT2D eigenvalue weighted by Gasteiger charge is -2.22. The summed E-state index contributed by atoms with van der Waals surface area (Å²) in [5.41, 5.74) is 1.05. The molecule has 1 N–H and O–H groups in total. The summed E-state index contributed by atoms with van der Waals surface area (Å²) < 4.78 is 15.0. The topological polar surface area (TPSA) is 50.2 Å². The predicted octanol–water partition coefficient (Wildman–Crippen LogP) is 1.95. The molecule has 2 bridgehead atoms. The Kier molecular flexibility index (Phi) is 3.18. The number of nitrogens with zero attached hydrogens (tertiary/aromatic N) is 3. The molecule has 2 unspecified atom stereocenters. The summed E-state index contributed by atoms with van der Waals surface area (Å²) in [6, 6.07) is 6.43. The number of amides is 1. The number of carbonyl (C=O) groups excluding carboxylic acids is 1. The van der Waals surface area contributed by atoms with E-state index < -0.39 is 0 Å². The number of hydrogen-bond donors (Lipinski definition) is 1. The zero-order valence-electron chi connectivity index (χ0n) is 12.1. The molecule has 1 aromatic carbocycles. The second kappa shape index (κ2) is 5.21. The van der Waals surface area contributed by atoms with Crippen LogP contribution in [0.3, 0.4) is 0 Å². The molecule has 1 aromatic heterocycles. The van der Waals surface area contributed by atoms with Gasteiger partial charge < -0.3 is 10.2 Å². The average Bonchev–Trinajstić information content (AvgIpc) is 3.24. The smallest absolute Gasteiger partial charge is 0.332 e. The Balaban J connectivity index is 1.49. The maximum absolute atomic E-state index is 13.8. The predicted molar refractivity (Wildman–Crippen MR) is 79.9 cm³/mol. The molecule has 2 aromatic rings. The Morgan fingerprint density at radius 1 is 1.32 bits per heavy atom. The van der Waals surface area contributed by atoms with Crippen LogP contribution < -0.4 is 5.32 Å². The maximum Gasteiger partial charge on any atom is 0.342 e. The monoisotopic (exact) mass is 300 g/mol. The van der Waals surface area contributed by atoms with E-state index in [1.54, 1.807) is 24.4 Å². The standard InChI is InChI=1S/C16H17FN4O/c17-14-4-2-1-3-13(14)12-7-18-21(9-12)16(22)19-15-10-20-6-5-11(15)8-20/h1-4,7,9,11,15H,5-6,8,10H2,(H,19,22)/t11-,15?/m0/s1. The van der Waals surface area contributed by atoms with Crippen molar-refractivity contribution in [3.63, 3.8) is 0 Å². The number of carbonyl (C=O) groups is 1. The molecule has 22 heavy (non-hydrogen) atoms. The molecule has 6 heteroatoms. The Hall–Kier alpha value is -2.21. The first-order valence-electron chi connectivity index (χ1n) is 7.53. The first-order chi connectivity index (χ1) is 10.7. The SMILES string of the molecule is O=C(NC1CN2CC[C@H]1C2)n1cc(-c2ccccc2F)cn1. The first kappa shape index (κ1) is 13.5. The van der Waals surface area contributed by atoms with Crippen LogP contribution in [0.5, 0.6) is 0 Å². The molecule has 3 atom stereocenters. The van der Waals surface area contributed by atoms with E-state index >= 15 is 0 Å². The van der Waals surface area contributed by atoms with Crippen molar-refractivity contribution in [2.45, 2.75) is 12.5 Å². The molecule has 2 saturated heterocycles. The third kappa shape index (κ3) is 2.29. The minimum absolute atomic E-state index is 0.197. The molecule has 1 amide bonds. The van der Waals surface area contributed by atoms with Crippen molar-refractivity contribution in [2.75, 3.05) is 19.6 Å². The van der Waals surface area contributed by atoms with Gasteiger partial charge in [0.15, 0.2) is 0 Å². The fourth-order valence-corrected chi connectivity index (χ4v) is 3.44. The lowest BCUT2D eigenvalue weighted by atomic mass is 10.0. The second-order valence-corrected chi connectivity index (χ2v) is 6.02. The van der Waals surface area contributed by atoms with Crippen LogP contribution >= 0.6 is 0 Å². The number of fused-ring (bicyclic) bond motifs is 2. The minimum Gasteiger partial charge on any atom is -0.332 e. The highest BCUT2D eigenvalue weighted by atomic mass is 19.1. The summed E-state index contributed by atoms with van der Waals surface area (Å²) in [5, 5.41) is 7.09. The van der Waals surface area contributed by atoms with E-state index in [1.165, 1.54) is 16.9 Å². The van der Waals surface area contributed by atoms with Gasteiger partial charge in [-0.1, -0.05) is 18.2 Å². The molecule has 0 aliphatic carbocycles. The highest BCUT2D eigenvalue weighted by molar-refractivity contribution is 5.78. The molecule has 0 radical (unpaired) electrons. The van der Waals surface area contributed by atoms with Crippen molar-refractivity contribution < 1.29 is 9.18 Å². The maximum atomic E-state index is 13.8. The third-order valence-corrected chi connectivity index (χ3v) is 4.62. The van der Waals surface area contributed by atoms with Gasteiger partial charge in [-0.15, -0.1) is 0 Å². The normalized spacial score (nSPS) is 26.3. The Morgan fingerprint density at radius 2 is 2.18 bits per heavy atom. The fourth-order valence-electron chi connectivity index (χ4n) is 3.44. The Morgan fingerprint density at radius 3 is 2.91 bits per heavy atom. The molecule has 4 rings (SSSR count). The van der Waals surface area contributed by atoms with E-state index in [4.69, 9.17) is 0 Å². The van der Waals surface area contributed by atoms with Crippen LogP contribution in [0.15, 0.2) is 36.7 Å². The van der Waals surface area contributed by atoms with Crippen LogP contribution in [0.25, 0.3) is 11.1 Å². The summed E-state index contributed by atoms with van der Waals surface area (Å²) >= 11 is 0. The van der Waals surface area contributed by atoms with Gasteiger partial charge in [-0.3, -0.25) is 0 Å². The molecule has 2 fully saturated rings. The molecule has 5 nitrogen and oxygen atoms in total. The largest absolute Gasteiger partial charge is 0.342 e. The quantitative estimate of drug-likeness (QED) is 0.922. The molecule has 0 spiro atoms. The Bertz CT molecular complexity index is 714. The van der Waals surface area contributed by atoms with Crippen molar-refractivity contribution in [1.29, 1.82) is 0 Å². The molecular weight excluding hydrogens is 283 g/mol. The van der Waals surface area contributed by atoms with Crippen molar-refractivity contribution in [1.82, 2.24) is 20.0 Å².